The first-order valence-electron chi connectivity index (χ1n) is 5.02. The zero-order valence-electron chi connectivity index (χ0n) is 9.45. The molecule has 5 nitrogen and oxygen atoms in total. The number of hydrogen-bond donors (Lipinski definition) is 2. The lowest BCUT2D eigenvalue weighted by Crippen LogP contribution is -2.25. The second-order valence-corrected chi connectivity index (χ2v) is 3.46. The van der Waals surface area contributed by atoms with Crippen molar-refractivity contribution in [1.82, 2.24) is 9.97 Å². The Labute approximate surface area is 90.1 Å². The van der Waals surface area contributed by atoms with Gasteiger partial charge in [0.25, 0.3) is 0 Å². The highest BCUT2D eigenvalue weighted by Crippen LogP contribution is 2.13. The van der Waals surface area contributed by atoms with Crippen molar-refractivity contribution in [2.75, 3.05) is 24.8 Å². The number of methoxy groups -OCH3 is 1. The standard InChI is InChI=1S/C10H18N4O/c1-4-8(6-15-3)13-9-7(2)5-12-10(11)14-9/h5,8H,4,6H2,1-3H3,(H3,11,12,13,14). The minimum atomic E-state index is 0.253. The number of nitrogens with two attached hydrogens (primary N) is 1. The Morgan fingerprint density at radius 2 is 2.33 bits per heavy atom. The molecule has 1 atom stereocenters. The highest BCUT2D eigenvalue weighted by Gasteiger charge is 2.08. The van der Waals surface area contributed by atoms with Gasteiger partial charge in [0.05, 0.1) is 12.6 Å². The fraction of sp³-hybridized carbons (Fsp3) is 0.600. The Morgan fingerprint density at radius 3 is 2.93 bits per heavy atom. The highest BCUT2D eigenvalue weighted by atomic mass is 16.5. The Morgan fingerprint density at radius 1 is 1.60 bits per heavy atom. The largest absolute Gasteiger partial charge is 0.383 e. The lowest BCUT2D eigenvalue weighted by Gasteiger charge is -2.17. The molecule has 15 heavy (non-hydrogen) atoms. The minimum Gasteiger partial charge on any atom is -0.383 e. The summed E-state index contributed by atoms with van der Waals surface area (Å²) in [4.78, 5) is 8.06. The quantitative estimate of drug-likeness (QED) is 0.764. The zero-order chi connectivity index (χ0) is 11.3. The normalized spacial score (nSPS) is 12.5. The molecule has 0 amide bonds. The molecule has 1 unspecified atom stereocenters. The van der Waals surface area contributed by atoms with Crippen LogP contribution in [0.2, 0.25) is 0 Å². The van der Waals surface area contributed by atoms with Gasteiger partial charge in [0.2, 0.25) is 5.95 Å². The summed E-state index contributed by atoms with van der Waals surface area (Å²) < 4.78 is 5.10. The van der Waals surface area contributed by atoms with E-state index < -0.39 is 0 Å². The number of nitrogens with one attached hydrogen (secondary N) is 1. The van der Waals surface area contributed by atoms with Gasteiger partial charge < -0.3 is 15.8 Å². The van der Waals surface area contributed by atoms with Crippen LogP contribution in [0.15, 0.2) is 6.20 Å². The molecule has 0 aliphatic rings. The van der Waals surface area contributed by atoms with Crippen molar-refractivity contribution in [3.8, 4) is 0 Å². The molecule has 1 rings (SSSR count). The number of nitrogen functional groups attached to an aromatic ring is 1. The van der Waals surface area contributed by atoms with E-state index in [4.69, 9.17) is 10.5 Å². The van der Waals surface area contributed by atoms with Gasteiger partial charge in [-0.25, -0.2) is 4.98 Å². The van der Waals surface area contributed by atoms with Crippen LogP contribution in [0.4, 0.5) is 11.8 Å². The predicted octanol–water partition coefficient (Wildman–Crippen LogP) is 1.20. The molecule has 0 radical (unpaired) electrons. The van der Waals surface area contributed by atoms with Gasteiger partial charge >= 0.3 is 0 Å². The van der Waals surface area contributed by atoms with E-state index in [1.807, 2.05) is 6.92 Å². The fourth-order valence-electron chi connectivity index (χ4n) is 1.26. The van der Waals surface area contributed by atoms with Gasteiger partial charge in [-0.15, -0.1) is 0 Å². The van der Waals surface area contributed by atoms with Crippen LogP contribution in [0.5, 0.6) is 0 Å². The molecule has 0 aliphatic heterocycles. The third-order valence-corrected chi connectivity index (χ3v) is 2.19. The summed E-state index contributed by atoms with van der Waals surface area (Å²) in [6.45, 7) is 4.69. The van der Waals surface area contributed by atoms with E-state index >= 15 is 0 Å². The van der Waals surface area contributed by atoms with E-state index in [-0.39, 0.29) is 12.0 Å². The molecule has 1 heterocycles. The molecule has 0 bridgehead atoms. The predicted molar refractivity (Wildman–Crippen MR) is 60.8 cm³/mol. The first-order chi connectivity index (χ1) is 7.17. The summed E-state index contributed by atoms with van der Waals surface area (Å²) in [6, 6.07) is 0.253. The van der Waals surface area contributed by atoms with Crippen molar-refractivity contribution in [3.63, 3.8) is 0 Å². The Balaban J connectivity index is 2.73. The lowest BCUT2D eigenvalue weighted by molar-refractivity contribution is 0.184. The van der Waals surface area contributed by atoms with Gasteiger partial charge in [0.15, 0.2) is 0 Å². The Bertz CT molecular complexity index is 316. The van der Waals surface area contributed by atoms with Gasteiger partial charge in [-0.05, 0) is 13.3 Å². The van der Waals surface area contributed by atoms with Crippen molar-refractivity contribution >= 4 is 11.8 Å². The first kappa shape index (κ1) is 11.7. The summed E-state index contributed by atoms with van der Waals surface area (Å²) in [5.41, 5.74) is 6.51. The third kappa shape index (κ3) is 3.36. The maximum atomic E-state index is 5.53. The van der Waals surface area contributed by atoms with Crippen LogP contribution in [-0.4, -0.2) is 29.7 Å². The minimum absolute atomic E-state index is 0.253. The maximum absolute atomic E-state index is 5.53. The average Bonchev–Trinajstić information content (AvgIpc) is 2.22. The summed E-state index contributed by atoms with van der Waals surface area (Å²) in [6.07, 6.45) is 2.68. The zero-order valence-corrected chi connectivity index (χ0v) is 9.45. The van der Waals surface area contributed by atoms with Crippen LogP contribution in [0.3, 0.4) is 0 Å². The molecule has 1 aromatic heterocycles. The van der Waals surface area contributed by atoms with Crippen LogP contribution in [0.25, 0.3) is 0 Å². The van der Waals surface area contributed by atoms with Crippen LogP contribution in [-0.2, 0) is 4.74 Å². The molecule has 0 saturated carbocycles. The molecule has 0 aliphatic carbocycles. The number of hydrogen-bond acceptors (Lipinski definition) is 5. The molecule has 5 heteroatoms. The molecule has 0 aromatic carbocycles. The first-order valence-corrected chi connectivity index (χ1v) is 5.02. The number of ether oxygens (including phenoxy) is 1. The SMILES string of the molecule is CCC(COC)Nc1nc(N)ncc1C. The molecular formula is C10H18N4O. The molecule has 0 fully saturated rings. The van der Waals surface area contributed by atoms with Gasteiger partial charge in [0.1, 0.15) is 5.82 Å². The highest BCUT2D eigenvalue weighted by molar-refractivity contribution is 5.45. The van der Waals surface area contributed by atoms with Crippen LogP contribution in [0.1, 0.15) is 18.9 Å². The maximum Gasteiger partial charge on any atom is 0.221 e. The summed E-state index contributed by atoms with van der Waals surface area (Å²) in [5.74, 6) is 1.07. The van der Waals surface area contributed by atoms with E-state index in [2.05, 4.69) is 22.2 Å². The fourth-order valence-corrected chi connectivity index (χ4v) is 1.26. The summed E-state index contributed by atoms with van der Waals surface area (Å²) in [7, 11) is 1.69. The summed E-state index contributed by atoms with van der Waals surface area (Å²) >= 11 is 0. The van der Waals surface area contributed by atoms with Crippen molar-refractivity contribution < 1.29 is 4.74 Å². The van der Waals surface area contributed by atoms with Gasteiger partial charge in [-0.3, -0.25) is 0 Å². The molecular weight excluding hydrogens is 192 g/mol. The summed E-state index contributed by atoms with van der Waals surface area (Å²) in [5, 5.41) is 3.28. The van der Waals surface area contributed by atoms with Gasteiger partial charge in [0, 0.05) is 18.9 Å². The number of anilines is 2. The molecule has 0 spiro atoms. The second-order valence-electron chi connectivity index (χ2n) is 3.46. The van der Waals surface area contributed by atoms with E-state index in [0.717, 1.165) is 17.8 Å². The third-order valence-electron chi connectivity index (χ3n) is 2.19. The van der Waals surface area contributed by atoms with Crippen molar-refractivity contribution in [1.29, 1.82) is 0 Å². The van der Waals surface area contributed by atoms with Gasteiger partial charge in [-0.1, -0.05) is 6.92 Å². The lowest BCUT2D eigenvalue weighted by atomic mass is 10.2. The smallest absolute Gasteiger partial charge is 0.221 e. The molecule has 84 valence electrons. The van der Waals surface area contributed by atoms with Crippen molar-refractivity contribution in [2.24, 2.45) is 0 Å². The topological polar surface area (TPSA) is 73.1 Å². The van der Waals surface area contributed by atoms with Crippen LogP contribution >= 0.6 is 0 Å². The van der Waals surface area contributed by atoms with E-state index in [9.17, 15) is 0 Å². The van der Waals surface area contributed by atoms with E-state index in [1.54, 1.807) is 13.3 Å². The number of rotatable bonds is 5. The van der Waals surface area contributed by atoms with Crippen molar-refractivity contribution in [2.45, 2.75) is 26.3 Å². The Kier molecular flexibility index (Phi) is 4.30. The molecule has 3 N–H and O–H groups in total. The number of aromatic nitrogens is 2. The van der Waals surface area contributed by atoms with Gasteiger partial charge in [-0.2, -0.15) is 4.98 Å². The second kappa shape index (κ2) is 5.50. The molecule has 0 saturated heterocycles. The van der Waals surface area contributed by atoms with Crippen LogP contribution < -0.4 is 11.1 Å². The Hall–Kier alpha value is -1.36. The average molecular weight is 210 g/mol. The number of aryl methyl sites for hydroxylation is 1. The molecule has 1 aromatic rings. The van der Waals surface area contributed by atoms with E-state index in [0.29, 0.717) is 6.61 Å². The number of nitrogens with zero attached hydrogens (tertiary/aromatic N) is 2. The van der Waals surface area contributed by atoms with Crippen molar-refractivity contribution in [3.05, 3.63) is 11.8 Å². The van der Waals surface area contributed by atoms with Crippen LogP contribution in [0, 0.1) is 6.92 Å². The monoisotopic (exact) mass is 210 g/mol. The van der Waals surface area contributed by atoms with E-state index in [1.165, 1.54) is 0 Å².